The maximum atomic E-state index is 13.5. The summed E-state index contributed by atoms with van der Waals surface area (Å²) in [5.74, 6) is 2.05. The summed E-state index contributed by atoms with van der Waals surface area (Å²) in [5.41, 5.74) is 0.836. The van der Waals surface area contributed by atoms with Crippen LogP contribution in [-0.4, -0.2) is 45.0 Å². The van der Waals surface area contributed by atoms with E-state index in [0.29, 0.717) is 18.0 Å². The van der Waals surface area contributed by atoms with E-state index in [2.05, 4.69) is 26.2 Å². The molecule has 0 fully saturated rings. The van der Waals surface area contributed by atoms with Gasteiger partial charge in [-0.3, -0.25) is 0 Å². The fraction of sp³-hybridized carbons (Fsp3) is 0.346. The third-order valence-electron chi connectivity index (χ3n) is 5.56. The van der Waals surface area contributed by atoms with Crippen molar-refractivity contribution in [3.8, 4) is 11.5 Å². The number of unbranched alkanes of at least 4 members (excludes halogenated alkanes) is 3. The van der Waals surface area contributed by atoms with Gasteiger partial charge in [0.25, 0.3) is 0 Å². The minimum Gasteiger partial charge on any atom is -0.493 e. The minimum absolute atomic E-state index is 0.250. The van der Waals surface area contributed by atoms with Crippen LogP contribution in [0, 0.1) is 0 Å². The molecule has 188 valence electrons. The second-order valence-corrected chi connectivity index (χ2v) is 10.9. The Morgan fingerprint density at radius 1 is 0.914 bits per heavy atom. The SMILES string of the molecule is COc1ccc(CN(CCCCCCNc2ccccn2)S(=O)(=O)c2ccc(Br)cc2)cc1OC. The summed E-state index contributed by atoms with van der Waals surface area (Å²) in [6.07, 6.45) is 5.46. The molecule has 0 amide bonds. The molecule has 0 spiro atoms. The number of ether oxygens (including phenoxy) is 2. The van der Waals surface area contributed by atoms with Gasteiger partial charge in [-0.15, -0.1) is 0 Å². The van der Waals surface area contributed by atoms with Crippen molar-refractivity contribution < 1.29 is 17.9 Å². The highest BCUT2D eigenvalue weighted by atomic mass is 79.9. The van der Waals surface area contributed by atoms with E-state index in [1.165, 1.54) is 0 Å². The zero-order chi connectivity index (χ0) is 25.1. The predicted octanol–water partition coefficient (Wildman–Crippen LogP) is 5.72. The van der Waals surface area contributed by atoms with E-state index in [9.17, 15) is 8.42 Å². The summed E-state index contributed by atoms with van der Waals surface area (Å²) in [6.45, 7) is 1.52. The summed E-state index contributed by atoms with van der Waals surface area (Å²) < 4.78 is 40.1. The molecule has 7 nitrogen and oxygen atoms in total. The highest BCUT2D eigenvalue weighted by Crippen LogP contribution is 2.29. The third kappa shape index (κ3) is 7.95. The number of benzene rings is 2. The number of nitrogens with zero attached hydrogens (tertiary/aromatic N) is 2. The monoisotopic (exact) mass is 561 g/mol. The molecule has 1 heterocycles. The van der Waals surface area contributed by atoms with Crippen molar-refractivity contribution in [2.45, 2.75) is 37.1 Å². The maximum Gasteiger partial charge on any atom is 0.243 e. The van der Waals surface area contributed by atoms with Crippen molar-refractivity contribution in [2.75, 3.05) is 32.6 Å². The van der Waals surface area contributed by atoms with Crippen molar-refractivity contribution in [1.29, 1.82) is 0 Å². The zero-order valence-corrected chi connectivity index (χ0v) is 22.5. The Morgan fingerprint density at radius 2 is 1.66 bits per heavy atom. The number of methoxy groups -OCH3 is 2. The van der Waals surface area contributed by atoms with Crippen LogP contribution in [0.25, 0.3) is 0 Å². The van der Waals surface area contributed by atoms with E-state index >= 15 is 0 Å². The van der Waals surface area contributed by atoms with E-state index in [4.69, 9.17) is 9.47 Å². The lowest BCUT2D eigenvalue weighted by atomic mass is 10.1. The first kappa shape index (κ1) is 27.0. The number of rotatable bonds is 14. The number of hydrogen-bond acceptors (Lipinski definition) is 6. The smallest absolute Gasteiger partial charge is 0.243 e. The molecular weight excluding hydrogens is 530 g/mol. The van der Waals surface area contributed by atoms with Crippen LogP contribution in [0.4, 0.5) is 5.82 Å². The number of aromatic nitrogens is 1. The Balaban J connectivity index is 1.63. The highest BCUT2D eigenvalue weighted by molar-refractivity contribution is 9.10. The van der Waals surface area contributed by atoms with Crippen molar-refractivity contribution in [3.05, 3.63) is 76.9 Å². The van der Waals surface area contributed by atoms with Crippen LogP contribution >= 0.6 is 15.9 Å². The van der Waals surface area contributed by atoms with Gasteiger partial charge in [0, 0.05) is 30.3 Å². The van der Waals surface area contributed by atoms with Gasteiger partial charge < -0.3 is 14.8 Å². The second kappa shape index (κ2) is 13.5. The molecule has 0 aliphatic rings. The standard InChI is InChI=1S/C26H32BrN3O4S/c1-33-24-15-10-21(19-25(24)34-2)20-30(35(31,32)23-13-11-22(27)12-14-23)18-8-4-3-6-16-28-26-9-5-7-17-29-26/h5,7,9-15,17,19H,3-4,6,8,16,18,20H2,1-2H3,(H,28,29). The van der Waals surface area contributed by atoms with Gasteiger partial charge in [0.05, 0.1) is 19.1 Å². The molecule has 2 aromatic carbocycles. The number of anilines is 1. The average molecular weight is 563 g/mol. The fourth-order valence-corrected chi connectivity index (χ4v) is 5.40. The number of halogens is 1. The van der Waals surface area contributed by atoms with Crippen molar-refractivity contribution >= 4 is 31.8 Å². The van der Waals surface area contributed by atoms with Crippen LogP contribution in [0.15, 0.2) is 76.2 Å². The number of hydrogen-bond donors (Lipinski definition) is 1. The maximum absolute atomic E-state index is 13.5. The first-order valence-electron chi connectivity index (χ1n) is 11.6. The molecule has 0 radical (unpaired) electrons. The zero-order valence-electron chi connectivity index (χ0n) is 20.1. The molecular formula is C26H32BrN3O4S. The van der Waals surface area contributed by atoms with Crippen molar-refractivity contribution in [1.82, 2.24) is 9.29 Å². The van der Waals surface area contributed by atoms with Gasteiger partial charge in [0.2, 0.25) is 10.0 Å². The van der Waals surface area contributed by atoms with Crippen LogP contribution in [-0.2, 0) is 16.6 Å². The van der Waals surface area contributed by atoms with Crippen LogP contribution in [0.1, 0.15) is 31.2 Å². The molecule has 1 aromatic heterocycles. The molecule has 9 heteroatoms. The first-order valence-corrected chi connectivity index (χ1v) is 13.8. The van der Waals surface area contributed by atoms with Crippen LogP contribution in [0.5, 0.6) is 11.5 Å². The summed E-state index contributed by atoms with van der Waals surface area (Å²) in [4.78, 5) is 4.53. The Morgan fingerprint density at radius 3 is 2.34 bits per heavy atom. The number of pyridine rings is 1. The molecule has 0 saturated carbocycles. The van der Waals surface area contributed by atoms with Gasteiger partial charge in [0.15, 0.2) is 11.5 Å². The molecule has 0 bridgehead atoms. The number of nitrogens with one attached hydrogen (secondary N) is 1. The fourth-order valence-electron chi connectivity index (χ4n) is 3.67. The van der Waals surface area contributed by atoms with Gasteiger partial charge in [-0.1, -0.05) is 40.9 Å². The van der Waals surface area contributed by atoms with Crippen LogP contribution in [0.3, 0.4) is 0 Å². The van der Waals surface area contributed by atoms with E-state index in [0.717, 1.165) is 48.1 Å². The third-order valence-corrected chi connectivity index (χ3v) is 7.95. The van der Waals surface area contributed by atoms with Crippen LogP contribution < -0.4 is 14.8 Å². The first-order chi connectivity index (χ1) is 16.9. The minimum atomic E-state index is -3.66. The van der Waals surface area contributed by atoms with Gasteiger partial charge in [-0.2, -0.15) is 4.31 Å². The van der Waals surface area contributed by atoms with Gasteiger partial charge in [0.1, 0.15) is 5.82 Å². The lowest BCUT2D eigenvalue weighted by molar-refractivity contribution is 0.352. The largest absolute Gasteiger partial charge is 0.493 e. The Hall–Kier alpha value is -2.62. The van der Waals surface area contributed by atoms with E-state index in [-0.39, 0.29) is 11.4 Å². The molecule has 3 rings (SSSR count). The predicted molar refractivity (Wildman–Crippen MR) is 142 cm³/mol. The lowest BCUT2D eigenvalue weighted by Gasteiger charge is -2.23. The van der Waals surface area contributed by atoms with Gasteiger partial charge >= 0.3 is 0 Å². The summed E-state index contributed by atoms with van der Waals surface area (Å²) in [7, 11) is -0.518. The lowest BCUT2D eigenvalue weighted by Crippen LogP contribution is -2.31. The molecule has 0 atom stereocenters. The molecule has 3 aromatic rings. The summed E-state index contributed by atoms with van der Waals surface area (Å²) >= 11 is 3.38. The second-order valence-electron chi connectivity index (χ2n) is 8.04. The molecule has 35 heavy (non-hydrogen) atoms. The van der Waals surface area contributed by atoms with Gasteiger partial charge in [-0.05, 0) is 66.9 Å². The average Bonchev–Trinajstić information content (AvgIpc) is 2.88. The summed E-state index contributed by atoms with van der Waals surface area (Å²) in [6, 6.07) is 18.0. The normalized spacial score (nSPS) is 11.4. The molecule has 0 unspecified atom stereocenters. The van der Waals surface area contributed by atoms with E-state index in [1.54, 1.807) is 55.1 Å². The highest BCUT2D eigenvalue weighted by Gasteiger charge is 2.24. The van der Waals surface area contributed by atoms with E-state index in [1.807, 2.05) is 30.3 Å². The molecule has 0 saturated heterocycles. The topological polar surface area (TPSA) is 80.8 Å². The molecule has 0 aliphatic heterocycles. The Labute approximate surface area is 216 Å². The molecule has 1 N–H and O–H groups in total. The Kier molecular flexibility index (Phi) is 10.4. The van der Waals surface area contributed by atoms with E-state index < -0.39 is 10.0 Å². The Bertz CT molecular complexity index is 1160. The summed E-state index contributed by atoms with van der Waals surface area (Å²) in [5, 5.41) is 3.30. The van der Waals surface area contributed by atoms with Crippen molar-refractivity contribution in [3.63, 3.8) is 0 Å². The van der Waals surface area contributed by atoms with Crippen LogP contribution in [0.2, 0.25) is 0 Å². The van der Waals surface area contributed by atoms with Gasteiger partial charge in [-0.25, -0.2) is 13.4 Å². The molecule has 0 aliphatic carbocycles. The van der Waals surface area contributed by atoms with Crippen molar-refractivity contribution in [2.24, 2.45) is 0 Å². The quantitative estimate of drug-likeness (QED) is 0.253. The number of sulfonamides is 1.